The number of fused-ring (bicyclic) bond motifs is 1. The molecule has 0 aliphatic carbocycles. The van der Waals surface area contributed by atoms with E-state index in [-0.39, 0.29) is 24.4 Å². The highest BCUT2D eigenvalue weighted by molar-refractivity contribution is 5.57. The fraction of sp³-hybridized carbons (Fsp3) is 0.500. The van der Waals surface area contributed by atoms with Crippen LogP contribution in [0.1, 0.15) is 17.9 Å². The highest BCUT2D eigenvalue weighted by atomic mass is 19.1. The van der Waals surface area contributed by atoms with Crippen LogP contribution in [0.15, 0.2) is 18.2 Å². The Hall–Kier alpha value is -1.13. The molecule has 3 N–H and O–H groups in total. The molecule has 1 aliphatic rings. The molecule has 16 heavy (non-hydrogen) atoms. The molecule has 1 aromatic rings. The van der Waals surface area contributed by atoms with Gasteiger partial charge in [0.2, 0.25) is 0 Å². The van der Waals surface area contributed by atoms with Crippen LogP contribution in [0.3, 0.4) is 0 Å². The Labute approximate surface area is 94.7 Å². The third-order valence-corrected chi connectivity index (χ3v) is 3.31. The molecule has 88 valence electrons. The number of nitrogens with two attached hydrogens (primary N) is 1. The molecule has 1 aromatic carbocycles. The fourth-order valence-electron chi connectivity index (χ4n) is 2.34. The summed E-state index contributed by atoms with van der Waals surface area (Å²) in [6.45, 7) is 0.806. The summed E-state index contributed by atoms with van der Waals surface area (Å²) in [5, 5.41) is 9.12. The van der Waals surface area contributed by atoms with Gasteiger partial charge in [-0.2, -0.15) is 0 Å². The molecule has 1 aliphatic heterocycles. The maximum absolute atomic E-state index is 13.2. The zero-order chi connectivity index (χ0) is 11.7. The van der Waals surface area contributed by atoms with Crippen molar-refractivity contribution in [3.05, 3.63) is 29.6 Å². The standard InChI is InChI=1S/C12H17FN2O/c1-15-5-4-9(11(14)7-16)10-3-2-8(13)6-12(10)15/h2-3,6,9,11,16H,4-5,7,14H2,1H3. The highest BCUT2D eigenvalue weighted by Gasteiger charge is 2.27. The van der Waals surface area contributed by atoms with Crippen LogP contribution >= 0.6 is 0 Å². The summed E-state index contributed by atoms with van der Waals surface area (Å²) < 4.78 is 13.2. The van der Waals surface area contributed by atoms with Crippen molar-refractivity contribution in [1.82, 2.24) is 0 Å². The molecule has 0 bridgehead atoms. The van der Waals surface area contributed by atoms with Crippen molar-refractivity contribution >= 4 is 5.69 Å². The average molecular weight is 224 g/mol. The van der Waals surface area contributed by atoms with Crippen molar-refractivity contribution in [2.75, 3.05) is 25.1 Å². The first-order valence-corrected chi connectivity index (χ1v) is 5.50. The van der Waals surface area contributed by atoms with Gasteiger partial charge in [0.25, 0.3) is 0 Å². The van der Waals surface area contributed by atoms with Gasteiger partial charge in [0.1, 0.15) is 5.82 Å². The Morgan fingerprint density at radius 2 is 2.38 bits per heavy atom. The molecule has 0 saturated heterocycles. The summed E-state index contributed by atoms with van der Waals surface area (Å²) in [5.41, 5.74) is 7.81. The van der Waals surface area contributed by atoms with E-state index in [9.17, 15) is 4.39 Å². The van der Waals surface area contributed by atoms with Crippen LogP contribution in [0.5, 0.6) is 0 Å². The van der Waals surface area contributed by atoms with Crippen molar-refractivity contribution < 1.29 is 9.50 Å². The predicted molar refractivity (Wildman–Crippen MR) is 62.1 cm³/mol. The normalized spacial score (nSPS) is 21.8. The van der Waals surface area contributed by atoms with Gasteiger partial charge in [-0.15, -0.1) is 0 Å². The molecular weight excluding hydrogens is 207 g/mol. The van der Waals surface area contributed by atoms with Gasteiger partial charge in [-0.3, -0.25) is 0 Å². The Bertz CT molecular complexity index is 383. The zero-order valence-corrected chi connectivity index (χ0v) is 9.36. The van der Waals surface area contributed by atoms with Gasteiger partial charge in [-0.05, 0) is 24.1 Å². The lowest BCUT2D eigenvalue weighted by atomic mass is 9.85. The third-order valence-electron chi connectivity index (χ3n) is 3.31. The van der Waals surface area contributed by atoms with Crippen LogP contribution in [-0.4, -0.2) is 31.3 Å². The second-order valence-corrected chi connectivity index (χ2v) is 4.37. The quantitative estimate of drug-likeness (QED) is 0.790. The second-order valence-electron chi connectivity index (χ2n) is 4.37. The molecule has 0 saturated carbocycles. The van der Waals surface area contributed by atoms with Gasteiger partial charge in [0, 0.05) is 31.2 Å². The van der Waals surface area contributed by atoms with E-state index in [1.807, 2.05) is 11.9 Å². The Balaban J connectivity index is 2.40. The van der Waals surface area contributed by atoms with Crippen LogP contribution in [0.2, 0.25) is 0 Å². The summed E-state index contributed by atoms with van der Waals surface area (Å²) in [6.07, 6.45) is 0.900. The maximum atomic E-state index is 13.2. The lowest BCUT2D eigenvalue weighted by Gasteiger charge is -2.35. The molecule has 0 aromatic heterocycles. The van der Waals surface area contributed by atoms with Gasteiger partial charge in [0.05, 0.1) is 6.61 Å². The largest absolute Gasteiger partial charge is 0.395 e. The lowest BCUT2D eigenvalue weighted by Crippen LogP contribution is -2.38. The first-order valence-electron chi connectivity index (χ1n) is 5.50. The Kier molecular flexibility index (Phi) is 3.12. The number of benzene rings is 1. The van der Waals surface area contributed by atoms with E-state index in [0.717, 1.165) is 24.2 Å². The SMILES string of the molecule is CN1CCC(C(N)CO)c2ccc(F)cc21. The van der Waals surface area contributed by atoms with Crippen molar-refractivity contribution in [1.29, 1.82) is 0 Å². The summed E-state index contributed by atoms with van der Waals surface area (Å²) in [4.78, 5) is 2.03. The molecule has 3 nitrogen and oxygen atoms in total. The number of aliphatic hydroxyl groups is 1. The number of rotatable bonds is 2. The van der Waals surface area contributed by atoms with E-state index >= 15 is 0 Å². The van der Waals surface area contributed by atoms with Crippen molar-refractivity contribution in [3.63, 3.8) is 0 Å². The second kappa shape index (κ2) is 4.39. The molecule has 0 radical (unpaired) electrons. The summed E-state index contributed by atoms with van der Waals surface area (Å²) in [6, 6.07) is 4.50. The average Bonchev–Trinajstić information content (AvgIpc) is 2.29. The first kappa shape index (κ1) is 11.4. The molecule has 1 heterocycles. The number of halogens is 1. The monoisotopic (exact) mass is 224 g/mol. The van der Waals surface area contributed by atoms with E-state index in [1.54, 1.807) is 6.07 Å². The maximum Gasteiger partial charge on any atom is 0.125 e. The number of nitrogens with zero attached hydrogens (tertiary/aromatic N) is 1. The molecular formula is C12H17FN2O. The highest BCUT2D eigenvalue weighted by Crippen LogP contribution is 2.36. The van der Waals surface area contributed by atoms with Gasteiger partial charge in [-0.1, -0.05) is 6.07 Å². The Morgan fingerprint density at radius 1 is 1.62 bits per heavy atom. The third kappa shape index (κ3) is 1.90. The van der Waals surface area contributed by atoms with Crippen molar-refractivity contribution in [2.24, 2.45) is 5.73 Å². The van der Waals surface area contributed by atoms with Gasteiger partial charge in [-0.25, -0.2) is 4.39 Å². The fourth-order valence-corrected chi connectivity index (χ4v) is 2.34. The van der Waals surface area contributed by atoms with E-state index in [0.29, 0.717) is 0 Å². The van der Waals surface area contributed by atoms with E-state index in [1.165, 1.54) is 12.1 Å². The molecule has 2 unspecified atom stereocenters. The molecule has 0 fully saturated rings. The topological polar surface area (TPSA) is 49.5 Å². The van der Waals surface area contributed by atoms with E-state index < -0.39 is 0 Å². The van der Waals surface area contributed by atoms with E-state index in [2.05, 4.69) is 0 Å². The van der Waals surface area contributed by atoms with Crippen LogP contribution < -0.4 is 10.6 Å². The van der Waals surface area contributed by atoms with Gasteiger partial charge >= 0.3 is 0 Å². The smallest absolute Gasteiger partial charge is 0.125 e. The minimum atomic E-state index is -0.266. The lowest BCUT2D eigenvalue weighted by molar-refractivity contribution is 0.244. The van der Waals surface area contributed by atoms with Crippen molar-refractivity contribution in [3.8, 4) is 0 Å². The number of hydrogen-bond acceptors (Lipinski definition) is 3. The summed E-state index contributed by atoms with van der Waals surface area (Å²) in [7, 11) is 1.94. The molecule has 4 heteroatoms. The first-order chi connectivity index (χ1) is 7.63. The molecule has 2 rings (SSSR count). The van der Waals surface area contributed by atoms with Gasteiger partial charge < -0.3 is 15.7 Å². The minimum Gasteiger partial charge on any atom is -0.395 e. The summed E-state index contributed by atoms with van der Waals surface area (Å²) >= 11 is 0. The van der Waals surface area contributed by atoms with Crippen LogP contribution in [0.4, 0.5) is 10.1 Å². The minimum absolute atomic E-state index is 0.0365. The molecule has 0 spiro atoms. The predicted octanol–water partition coefficient (Wildman–Crippen LogP) is 1.07. The molecule has 0 amide bonds. The summed E-state index contributed by atoms with van der Waals surface area (Å²) in [5.74, 6) is -0.111. The van der Waals surface area contributed by atoms with E-state index in [4.69, 9.17) is 10.8 Å². The number of hydrogen-bond donors (Lipinski definition) is 2. The Morgan fingerprint density at radius 3 is 3.06 bits per heavy atom. The van der Waals surface area contributed by atoms with Crippen molar-refractivity contribution in [2.45, 2.75) is 18.4 Å². The number of aliphatic hydroxyl groups excluding tert-OH is 1. The van der Waals surface area contributed by atoms with Crippen LogP contribution in [0, 0.1) is 5.82 Å². The number of anilines is 1. The van der Waals surface area contributed by atoms with Crippen LogP contribution in [0.25, 0.3) is 0 Å². The van der Waals surface area contributed by atoms with Gasteiger partial charge in [0.15, 0.2) is 0 Å². The zero-order valence-electron chi connectivity index (χ0n) is 9.36. The van der Waals surface area contributed by atoms with Crippen LogP contribution in [-0.2, 0) is 0 Å². The molecule has 2 atom stereocenters.